The molecule has 0 fully saturated rings. The predicted octanol–water partition coefficient (Wildman–Crippen LogP) is 15.8. The average Bonchev–Trinajstić information content (AvgIpc) is 3.92. The molecule has 4 heteroatoms. The summed E-state index contributed by atoms with van der Waals surface area (Å²) in [5.41, 5.74) is 14.0. The van der Waals surface area contributed by atoms with Crippen LogP contribution in [-0.2, 0) is 5.41 Å². The Kier molecular flexibility index (Phi) is 7.24. The lowest BCUT2D eigenvalue weighted by molar-refractivity contribution is 0.668. The van der Waals surface area contributed by atoms with Gasteiger partial charge < -0.3 is 9.32 Å². The third kappa shape index (κ3) is 4.66. The zero-order valence-corrected chi connectivity index (χ0v) is 33.3. The Morgan fingerprint density at radius 2 is 1.23 bits per heavy atom. The maximum atomic E-state index is 6.65. The van der Waals surface area contributed by atoms with Crippen LogP contribution in [0.25, 0.3) is 53.2 Å². The van der Waals surface area contributed by atoms with Gasteiger partial charge in [0.1, 0.15) is 11.2 Å². The van der Waals surface area contributed by atoms with Crippen molar-refractivity contribution in [2.24, 2.45) is 0 Å². The second-order valence-electron chi connectivity index (χ2n) is 15.6. The zero-order chi connectivity index (χ0) is 37.8. The zero-order valence-electron chi connectivity index (χ0n) is 31.6. The number of furan rings is 1. The van der Waals surface area contributed by atoms with Gasteiger partial charge in [-0.2, -0.15) is 0 Å². The van der Waals surface area contributed by atoms with Crippen molar-refractivity contribution in [1.82, 2.24) is 0 Å². The maximum absolute atomic E-state index is 6.65. The van der Waals surface area contributed by atoms with Crippen LogP contribution in [0, 0.1) is 0 Å². The van der Waals surface area contributed by atoms with Crippen LogP contribution in [0.4, 0.5) is 17.1 Å². The fourth-order valence-electron chi connectivity index (χ4n) is 9.82. The highest BCUT2D eigenvalue weighted by atomic mass is 32.2. The summed E-state index contributed by atoms with van der Waals surface area (Å²) in [7, 11) is 0. The second kappa shape index (κ2) is 12.5. The molecule has 3 heterocycles. The Balaban J connectivity index is 1.17. The molecule has 1 spiro atoms. The van der Waals surface area contributed by atoms with E-state index in [-0.39, 0.29) is 0 Å². The normalized spacial score (nSPS) is 14.2. The number of hydrogen-bond acceptors (Lipinski definition) is 4. The van der Waals surface area contributed by atoms with Crippen LogP contribution in [0.3, 0.4) is 0 Å². The third-order valence-electron chi connectivity index (χ3n) is 12.6. The minimum atomic E-state index is -0.473. The molecule has 10 aromatic rings. The van der Waals surface area contributed by atoms with E-state index in [1.165, 1.54) is 68.9 Å². The van der Waals surface area contributed by atoms with Gasteiger partial charge in [0.15, 0.2) is 0 Å². The fraction of sp³-hybridized carbons (Fsp3) is 0.0943. The van der Waals surface area contributed by atoms with Gasteiger partial charge in [0, 0.05) is 46.7 Å². The molecule has 1 unspecified atom stereocenters. The number of hydrogen-bond donors (Lipinski definition) is 0. The van der Waals surface area contributed by atoms with Crippen LogP contribution in [-0.4, -0.2) is 0 Å². The van der Waals surface area contributed by atoms with E-state index in [2.05, 4.69) is 189 Å². The van der Waals surface area contributed by atoms with Crippen molar-refractivity contribution >= 4 is 82.3 Å². The molecule has 0 N–H and O–H groups in total. The smallest absolute Gasteiger partial charge is 0.137 e. The molecular weight excluding hydrogens is 731 g/mol. The molecule has 2 aromatic heterocycles. The highest BCUT2D eigenvalue weighted by molar-refractivity contribution is 7.99. The van der Waals surface area contributed by atoms with Crippen molar-refractivity contribution in [1.29, 1.82) is 0 Å². The molecule has 1 atom stereocenters. The summed E-state index contributed by atoms with van der Waals surface area (Å²) in [4.78, 5) is 5.08. The lowest BCUT2D eigenvalue weighted by Gasteiger charge is -2.40. The van der Waals surface area contributed by atoms with Crippen molar-refractivity contribution in [3.8, 4) is 11.1 Å². The minimum Gasteiger partial charge on any atom is -0.456 e. The fourth-order valence-corrected chi connectivity index (χ4v) is 12.1. The largest absolute Gasteiger partial charge is 0.456 e. The number of nitrogens with zero attached hydrogens (tertiary/aromatic N) is 1. The van der Waals surface area contributed by atoms with Gasteiger partial charge in [0.25, 0.3) is 0 Å². The number of rotatable bonds is 5. The standard InChI is InChI=1S/C53H37NOS2/c1-3-32(2)33-23-26-46-40(29-33)52-45(19-12-20-47(52)55-46)54(34-24-27-49-39(30-34)38-15-6-10-21-48(38)56-49)35-25-28-51-44(31-35)53(43-18-9-11-22-50(43)57-51)41-16-7-4-13-36(41)37-14-5-8-17-42(37)53/h4-32H,3H2,1-2H3. The van der Waals surface area contributed by atoms with Crippen molar-refractivity contribution in [2.45, 2.75) is 41.4 Å². The molecule has 1 aliphatic heterocycles. The van der Waals surface area contributed by atoms with E-state index >= 15 is 0 Å². The van der Waals surface area contributed by atoms with Gasteiger partial charge in [0.2, 0.25) is 0 Å². The molecule has 2 aliphatic rings. The van der Waals surface area contributed by atoms with Gasteiger partial charge in [-0.15, -0.1) is 11.3 Å². The van der Waals surface area contributed by atoms with Gasteiger partial charge in [0.05, 0.1) is 16.5 Å². The summed E-state index contributed by atoms with van der Waals surface area (Å²) < 4.78 is 9.25. The van der Waals surface area contributed by atoms with Gasteiger partial charge in [-0.1, -0.05) is 123 Å². The molecule has 272 valence electrons. The predicted molar refractivity (Wildman–Crippen MR) is 241 cm³/mol. The molecule has 0 saturated carbocycles. The van der Waals surface area contributed by atoms with Crippen molar-refractivity contribution < 1.29 is 4.42 Å². The van der Waals surface area contributed by atoms with Gasteiger partial charge in [-0.3, -0.25) is 0 Å². The number of anilines is 3. The van der Waals surface area contributed by atoms with Crippen molar-refractivity contribution in [2.75, 3.05) is 4.90 Å². The summed E-state index contributed by atoms with van der Waals surface area (Å²) in [6.45, 7) is 4.58. The molecule has 0 saturated heterocycles. The van der Waals surface area contributed by atoms with E-state index in [0.29, 0.717) is 5.92 Å². The first-order valence-corrected chi connectivity index (χ1v) is 21.5. The summed E-state index contributed by atoms with van der Waals surface area (Å²) >= 11 is 3.75. The van der Waals surface area contributed by atoms with Gasteiger partial charge >= 0.3 is 0 Å². The summed E-state index contributed by atoms with van der Waals surface area (Å²) in [5, 5.41) is 4.86. The van der Waals surface area contributed by atoms with Crippen LogP contribution in [0.1, 0.15) is 54.0 Å². The van der Waals surface area contributed by atoms with E-state index in [9.17, 15) is 0 Å². The molecule has 12 rings (SSSR count). The molecular formula is C53H37NOS2. The monoisotopic (exact) mass is 767 g/mol. The Morgan fingerprint density at radius 3 is 2.05 bits per heavy atom. The number of benzene rings is 8. The lowest BCUT2D eigenvalue weighted by Crippen LogP contribution is -2.32. The molecule has 2 nitrogen and oxygen atoms in total. The van der Waals surface area contributed by atoms with Crippen LogP contribution >= 0.6 is 23.1 Å². The summed E-state index contributed by atoms with van der Waals surface area (Å²) in [5.74, 6) is 0.450. The third-order valence-corrected chi connectivity index (χ3v) is 14.9. The Labute approximate surface area is 340 Å². The first-order valence-electron chi connectivity index (χ1n) is 19.9. The Morgan fingerprint density at radius 1 is 0.544 bits per heavy atom. The molecule has 8 aromatic carbocycles. The van der Waals surface area contributed by atoms with Crippen molar-refractivity contribution in [3.05, 3.63) is 198 Å². The van der Waals surface area contributed by atoms with E-state index in [1.54, 1.807) is 0 Å². The van der Waals surface area contributed by atoms with Gasteiger partial charge in [-0.05, 0) is 124 Å². The van der Waals surface area contributed by atoms with E-state index in [4.69, 9.17) is 4.42 Å². The number of fused-ring (bicyclic) bond motifs is 15. The minimum absolute atomic E-state index is 0.450. The van der Waals surface area contributed by atoms with Crippen molar-refractivity contribution in [3.63, 3.8) is 0 Å². The number of thiophene rings is 1. The average molecular weight is 768 g/mol. The summed E-state index contributed by atoms with van der Waals surface area (Å²) in [6.07, 6.45) is 1.08. The van der Waals surface area contributed by atoms with E-state index < -0.39 is 5.41 Å². The first-order chi connectivity index (χ1) is 28.1. The maximum Gasteiger partial charge on any atom is 0.137 e. The van der Waals surface area contributed by atoms with Gasteiger partial charge in [-0.25, -0.2) is 0 Å². The topological polar surface area (TPSA) is 16.4 Å². The highest BCUT2D eigenvalue weighted by Crippen LogP contribution is 2.63. The second-order valence-corrected chi connectivity index (χ2v) is 17.7. The first kappa shape index (κ1) is 33.1. The SMILES string of the molecule is CCC(C)c1ccc2oc3cccc(N(c4ccc5c(c4)C4(c6ccccc6S5)c5ccccc5-c5ccccc54)c4ccc5sc6ccccc6c5c4)c3c2c1. The lowest BCUT2D eigenvalue weighted by atomic mass is 9.67. The van der Waals surface area contributed by atoms with Crippen LogP contribution < -0.4 is 4.90 Å². The van der Waals surface area contributed by atoms with E-state index in [0.717, 1.165) is 45.4 Å². The molecule has 0 bridgehead atoms. The molecule has 57 heavy (non-hydrogen) atoms. The van der Waals surface area contributed by atoms with Crippen LogP contribution in [0.15, 0.2) is 184 Å². The Hall–Kier alpha value is -6.07. The summed E-state index contributed by atoms with van der Waals surface area (Å²) in [6, 6.07) is 63.5. The highest BCUT2D eigenvalue weighted by Gasteiger charge is 2.50. The molecule has 0 amide bonds. The van der Waals surface area contributed by atoms with Crippen LogP contribution in [0.5, 0.6) is 0 Å². The quantitative estimate of drug-likeness (QED) is 0.174. The van der Waals surface area contributed by atoms with Crippen LogP contribution in [0.2, 0.25) is 0 Å². The van der Waals surface area contributed by atoms with E-state index in [1.807, 2.05) is 23.1 Å². The molecule has 0 radical (unpaired) electrons. The molecule has 1 aliphatic carbocycles. The Bertz CT molecular complexity index is 3210.